The fraction of sp³-hybridized carbons (Fsp3) is 0.559. The zero-order chi connectivity index (χ0) is 31.3. The third-order valence-electron chi connectivity index (χ3n) is 9.27. The van der Waals surface area contributed by atoms with Gasteiger partial charge in [0.1, 0.15) is 23.5 Å². The molecule has 238 valence electrons. The Morgan fingerprint density at radius 3 is 2.55 bits per heavy atom. The molecular formula is C34H47F2N7O. The van der Waals surface area contributed by atoms with Gasteiger partial charge in [-0.3, -0.25) is 14.3 Å². The van der Waals surface area contributed by atoms with E-state index in [9.17, 15) is 4.79 Å². The lowest BCUT2D eigenvalue weighted by Crippen LogP contribution is -2.50. The number of halogens is 2. The van der Waals surface area contributed by atoms with Crippen LogP contribution >= 0.6 is 0 Å². The number of rotatable bonds is 12. The van der Waals surface area contributed by atoms with Gasteiger partial charge in [-0.25, -0.2) is 18.7 Å². The summed E-state index contributed by atoms with van der Waals surface area (Å²) >= 11 is 0. The number of nitrogens with zero attached hydrogens (tertiary/aromatic N) is 5. The third kappa shape index (κ3) is 6.96. The lowest BCUT2D eigenvalue weighted by Gasteiger charge is -2.38. The van der Waals surface area contributed by atoms with Crippen LogP contribution in [-0.2, 0) is 12.5 Å². The van der Waals surface area contributed by atoms with Crippen LogP contribution in [0.3, 0.4) is 0 Å². The second-order valence-corrected chi connectivity index (χ2v) is 12.5. The van der Waals surface area contributed by atoms with Gasteiger partial charge < -0.3 is 15.5 Å². The van der Waals surface area contributed by atoms with Crippen molar-refractivity contribution >= 4 is 22.5 Å². The molecule has 0 bridgehead atoms. The van der Waals surface area contributed by atoms with Gasteiger partial charge in [0.05, 0.1) is 5.39 Å². The van der Waals surface area contributed by atoms with Crippen molar-refractivity contribution in [2.45, 2.75) is 77.4 Å². The Balaban J connectivity index is 1.46. The summed E-state index contributed by atoms with van der Waals surface area (Å²) in [5.74, 6) is -2.98. The predicted octanol–water partition coefficient (Wildman–Crippen LogP) is 5.94. The Bertz CT molecular complexity index is 1480. The summed E-state index contributed by atoms with van der Waals surface area (Å²) < 4.78 is 32.8. The van der Waals surface area contributed by atoms with E-state index in [4.69, 9.17) is 0 Å². The van der Waals surface area contributed by atoms with Crippen LogP contribution < -0.4 is 21.1 Å². The smallest absolute Gasteiger partial charge is 0.276 e. The van der Waals surface area contributed by atoms with E-state index in [0.29, 0.717) is 55.7 Å². The molecule has 44 heavy (non-hydrogen) atoms. The van der Waals surface area contributed by atoms with Gasteiger partial charge in [-0.2, -0.15) is 0 Å². The maximum absolute atomic E-state index is 15.5. The molecule has 2 N–H and O–H groups in total. The molecule has 8 nitrogen and oxygen atoms in total. The molecule has 3 aromatic rings. The zero-order valence-corrected chi connectivity index (χ0v) is 26.4. The Morgan fingerprint density at radius 1 is 1.09 bits per heavy atom. The van der Waals surface area contributed by atoms with Crippen molar-refractivity contribution in [1.82, 2.24) is 24.8 Å². The second kappa shape index (κ2) is 14.2. The van der Waals surface area contributed by atoms with Gasteiger partial charge in [0.15, 0.2) is 0 Å². The number of pyridine rings is 1. The van der Waals surface area contributed by atoms with Crippen molar-refractivity contribution < 1.29 is 8.78 Å². The van der Waals surface area contributed by atoms with Gasteiger partial charge in [0, 0.05) is 56.3 Å². The topological polar surface area (TPSA) is 78.3 Å². The van der Waals surface area contributed by atoms with Gasteiger partial charge >= 0.3 is 0 Å². The molecule has 1 atom stereocenters. The van der Waals surface area contributed by atoms with Crippen LogP contribution in [0.4, 0.5) is 20.3 Å². The van der Waals surface area contributed by atoms with Crippen LogP contribution in [0, 0.1) is 5.92 Å². The standard InChI is InChI=1S/C34H47F2N7O/c1-5-6-7-8-16-43-32-29(22-30(33(43)44)42-19-17-41(18-20-42)24(2)3)31(38-23-39-32)40-25(4)26-10-9-11-28(21-26)34(35,36)27-12-14-37-15-13-27/h5,9-11,21-25,27,37H,1,6-8,12-20H2,2-4H3,(H,38,39,40)/t25-/m1/s1. The largest absolute Gasteiger partial charge is 0.364 e. The summed E-state index contributed by atoms with van der Waals surface area (Å²) in [7, 11) is 0. The molecular weight excluding hydrogens is 560 g/mol. The highest BCUT2D eigenvalue weighted by Crippen LogP contribution is 2.41. The zero-order valence-electron chi connectivity index (χ0n) is 26.4. The number of nitrogens with one attached hydrogen (secondary N) is 2. The summed E-state index contributed by atoms with van der Waals surface area (Å²) in [5.41, 5.74) is 2.00. The number of unbranched alkanes of at least 4 members (excludes halogenated alkanes) is 2. The van der Waals surface area contributed by atoms with E-state index >= 15 is 8.78 Å². The molecule has 4 heterocycles. The van der Waals surface area contributed by atoms with Crippen molar-refractivity contribution in [3.05, 3.63) is 70.8 Å². The molecule has 0 saturated carbocycles. The quantitative estimate of drug-likeness (QED) is 0.195. The molecule has 2 aliphatic rings. The first-order valence-corrected chi connectivity index (χ1v) is 16.1. The molecule has 2 aromatic heterocycles. The number of aromatic nitrogens is 3. The molecule has 10 heteroatoms. The molecule has 2 aliphatic heterocycles. The maximum atomic E-state index is 15.5. The molecule has 0 amide bonds. The number of alkyl halides is 2. The summed E-state index contributed by atoms with van der Waals surface area (Å²) in [6.07, 6.45) is 6.93. The third-order valence-corrected chi connectivity index (χ3v) is 9.27. The average Bonchev–Trinajstić information content (AvgIpc) is 3.04. The number of hydrogen-bond donors (Lipinski definition) is 2. The number of fused-ring (bicyclic) bond motifs is 1. The lowest BCUT2D eigenvalue weighted by atomic mass is 9.86. The van der Waals surface area contributed by atoms with E-state index in [0.717, 1.165) is 56.4 Å². The number of piperazine rings is 1. The van der Waals surface area contributed by atoms with Gasteiger partial charge in [0.25, 0.3) is 11.5 Å². The van der Waals surface area contributed by atoms with Gasteiger partial charge in [-0.05, 0) is 83.7 Å². The van der Waals surface area contributed by atoms with E-state index in [1.807, 2.05) is 25.1 Å². The van der Waals surface area contributed by atoms with Crippen LogP contribution in [-0.4, -0.2) is 64.7 Å². The fourth-order valence-electron chi connectivity index (χ4n) is 6.48. The van der Waals surface area contributed by atoms with Crippen LogP contribution in [0.2, 0.25) is 0 Å². The fourth-order valence-corrected chi connectivity index (χ4v) is 6.48. The highest BCUT2D eigenvalue weighted by Gasteiger charge is 2.41. The number of anilines is 2. The molecule has 2 fully saturated rings. The van der Waals surface area contributed by atoms with E-state index < -0.39 is 11.8 Å². The average molecular weight is 608 g/mol. The molecule has 0 spiro atoms. The first-order chi connectivity index (χ1) is 21.2. The normalized spacial score (nSPS) is 17.7. The number of aryl methyl sites for hydroxylation is 1. The monoisotopic (exact) mass is 607 g/mol. The molecule has 0 radical (unpaired) electrons. The van der Waals surface area contributed by atoms with Crippen molar-refractivity contribution in [2.24, 2.45) is 5.92 Å². The minimum absolute atomic E-state index is 0.0420. The van der Waals surface area contributed by atoms with Gasteiger partial charge in [-0.1, -0.05) is 24.3 Å². The van der Waals surface area contributed by atoms with Gasteiger partial charge in [0.2, 0.25) is 0 Å². The van der Waals surface area contributed by atoms with Crippen LogP contribution in [0.15, 0.2) is 54.1 Å². The maximum Gasteiger partial charge on any atom is 0.276 e. The highest BCUT2D eigenvalue weighted by molar-refractivity contribution is 5.89. The Hall–Kier alpha value is -3.37. The number of hydrogen-bond acceptors (Lipinski definition) is 7. The van der Waals surface area contributed by atoms with Crippen LogP contribution in [0.5, 0.6) is 0 Å². The van der Waals surface area contributed by atoms with Gasteiger partial charge in [-0.15, -0.1) is 6.58 Å². The van der Waals surface area contributed by atoms with E-state index in [1.165, 1.54) is 12.4 Å². The summed E-state index contributed by atoms with van der Waals surface area (Å²) in [6, 6.07) is 8.82. The van der Waals surface area contributed by atoms with E-state index in [-0.39, 0.29) is 17.2 Å². The Labute approximate surface area is 259 Å². The van der Waals surface area contributed by atoms with Crippen LogP contribution in [0.1, 0.15) is 70.0 Å². The van der Waals surface area contributed by atoms with E-state index in [2.05, 4.69) is 50.8 Å². The summed E-state index contributed by atoms with van der Waals surface area (Å²) in [5, 5.41) is 7.40. The second-order valence-electron chi connectivity index (χ2n) is 12.5. The number of allylic oxidation sites excluding steroid dienone is 1. The molecule has 1 aromatic carbocycles. The van der Waals surface area contributed by atoms with Crippen molar-refractivity contribution in [3.8, 4) is 0 Å². The predicted molar refractivity (Wildman–Crippen MR) is 175 cm³/mol. The van der Waals surface area contributed by atoms with Crippen LogP contribution in [0.25, 0.3) is 11.0 Å². The van der Waals surface area contributed by atoms with Crippen molar-refractivity contribution in [3.63, 3.8) is 0 Å². The number of benzene rings is 1. The molecule has 5 rings (SSSR count). The van der Waals surface area contributed by atoms with E-state index in [1.54, 1.807) is 16.7 Å². The first kappa shape index (κ1) is 32.0. The van der Waals surface area contributed by atoms with Crippen molar-refractivity contribution in [2.75, 3.05) is 49.5 Å². The Morgan fingerprint density at radius 2 is 1.84 bits per heavy atom. The number of piperidine rings is 1. The first-order valence-electron chi connectivity index (χ1n) is 16.1. The molecule has 0 aliphatic carbocycles. The van der Waals surface area contributed by atoms with Crippen molar-refractivity contribution in [1.29, 1.82) is 0 Å². The summed E-state index contributed by atoms with van der Waals surface area (Å²) in [4.78, 5) is 27.7. The minimum atomic E-state index is -2.89. The lowest BCUT2D eigenvalue weighted by molar-refractivity contribution is -0.0754. The molecule has 2 saturated heterocycles. The minimum Gasteiger partial charge on any atom is -0.364 e. The molecule has 0 unspecified atom stereocenters. The summed E-state index contributed by atoms with van der Waals surface area (Å²) in [6.45, 7) is 15.3. The highest BCUT2D eigenvalue weighted by atomic mass is 19.3. The Kier molecular flexibility index (Phi) is 10.3. The SMILES string of the molecule is C=CCCCCn1c(=O)c(N2CCN(C(C)C)CC2)cc2c(N[C@H](C)c3cccc(C(F)(F)C4CCNCC4)c3)ncnc21.